The maximum atomic E-state index is 12.1. The quantitative estimate of drug-likeness (QED) is 0.640. The first kappa shape index (κ1) is 15.0. The van der Waals surface area contributed by atoms with Crippen molar-refractivity contribution in [1.82, 2.24) is 4.90 Å². The molecule has 1 saturated heterocycles. The molecule has 0 aromatic carbocycles. The predicted molar refractivity (Wildman–Crippen MR) is 70.5 cm³/mol. The second-order valence-electron chi connectivity index (χ2n) is 6.05. The van der Waals surface area contributed by atoms with Crippen molar-refractivity contribution in [2.75, 3.05) is 0 Å². The molecule has 3 N–H and O–H groups in total. The molecule has 5 atom stereocenters. The number of amides is 1. The van der Waals surface area contributed by atoms with Crippen molar-refractivity contribution in [1.29, 1.82) is 0 Å². The standard InChI is InChI=1S/C14H21NO5/c1-5(2)12(17)8-6(3)10-9(7(4)16)13(18)15(10)11(8)14(19)20/h5-7,9-10,12,16-17H,1-4H3,(H,19,20)/t6-,7+,9+,10+,12-/m0/s1. The molecule has 0 bridgehead atoms. The molecular formula is C14H21NO5. The van der Waals surface area contributed by atoms with Gasteiger partial charge in [0, 0.05) is 5.92 Å². The zero-order valence-electron chi connectivity index (χ0n) is 12.1. The molecule has 0 spiro atoms. The summed E-state index contributed by atoms with van der Waals surface area (Å²) in [7, 11) is 0. The van der Waals surface area contributed by atoms with Gasteiger partial charge in [-0.15, -0.1) is 0 Å². The number of carboxylic acids is 1. The van der Waals surface area contributed by atoms with Gasteiger partial charge in [-0.05, 0) is 18.4 Å². The van der Waals surface area contributed by atoms with Crippen LogP contribution in [-0.2, 0) is 9.59 Å². The monoisotopic (exact) mass is 283 g/mol. The van der Waals surface area contributed by atoms with Crippen LogP contribution in [-0.4, -0.2) is 50.3 Å². The van der Waals surface area contributed by atoms with Gasteiger partial charge in [0.15, 0.2) is 0 Å². The molecule has 0 saturated carbocycles. The number of hydrogen-bond donors (Lipinski definition) is 3. The zero-order valence-corrected chi connectivity index (χ0v) is 12.1. The Bertz CT molecular complexity index is 482. The van der Waals surface area contributed by atoms with Crippen LogP contribution in [0.25, 0.3) is 0 Å². The van der Waals surface area contributed by atoms with Gasteiger partial charge in [0.05, 0.1) is 24.2 Å². The van der Waals surface area contributed by atoms with E-state index < -0.39 is 24.1 Å². The van der Waals surface area contributed by atoms with Gasteiger partial charge in [-0.3, -0.25) is 4.79 Å². The molecule has 2 heterocycles. The topological polar surface area (TPSA) is 98.1 Å². The molecule has 0 aromatic rings. The van der Waals surface area contributed by atoms with Crippen LogP contribution in [0.15, 0.2) is 11.3 Å². The maximum absolute atomic E-state index is 12.1. The van der Waals surface area contributed by atoms with E-state index in [0.29, 0.717) is 5.57 Å². The van der Waals surface area contributed by atoms with Crippen LogP contribution in [0.3, 0.4) is 0 Å². The van der Waals surface area contributed by atoms with Crippen molar-refractivity contribution in [3.05, 3.63) is 11.3 Å². The van der Waals surface area contributed by atoms with E-state index in [1.165, 1.54) is 11.8 Å². The molecule has 2 aliphatic heterocycles. The van der Waals surface area contributed by atoms with E-state index in [9.17, 15) is 24.9 Å². The number of hydrogen-bond acceptors (Lipinski definition) is 4. The zero-order chi connectivity index (χ0) is 15.4. The number of nitrogens with zero attached hydrogens (tertiary/aromatic N) is 1. The van der Waals surface area contributed by atoms with Crippen LogP contribution < -0.4 is 0 Å². The highest BCUT2D eigenvalue weighted by Crippen LogP contribution is 2.48. The highest BCUT2D eigenvalue weighted by molar-refractivity contribution is 6.00. The third kappa shape index (κ3) is 1.86. The van der Waals surface area contributed by atoms with E-state index in [2.05, 4.69) is 0 Å². The average molecular weight is 283 g/mol. The fraction of sp³-hybridized carbons (Fsp3) is 0.714. The number of fused-ring (bicyclic) bond motifs is 1. The number of rotatable bonds is 4. The molecule has 20 heavy (non-hydrogen) atoms. The Labute approximate surface area is 117 Å². The number of carboxylic acid groups (broad SMARTS) is 1. The van der Waals surface area contributed by atoms with E-state index >= 15 is 0 Å². The Kier molecular flexibility index (Phi) is 3.64. The number of carbonyl (C=O) groups is 2. The molecule has 0 aliphatic carbocycles. The summed E-state index contributed by atoms with van der Waals surface area (Å²) in [5.41, 5.74) is 0.291. The second-order valence-corrected chi connectivity index (χ2v) is 6.05. The molecule has 1 amide bonds. The van der Waals surface area contributed by atoms with E-state index in [0.717, 1.165) is 0 Å². The van der Waals surface area contributed by atoms with Gasteiger partial charge in [-0.2, -0.15) is 0 Å². The Balaban J connectivity index is 2.45. The van der Waals surface area contributed by atoms with Crippen molar-refractivity contribution < 1.29 is 24.9 Å². The minimum atomic E-state index is -1.20. The predicted octanol–water partition coefficient (Wildman–Crippen LogP) is 0.200. The lowest BCUT2D eigenvalue weighted by atomic mass is 9.76. The summed E-state index contributed by atoms with van der Waals surface area (Å²) in [6.45, 7) is 6.93. The van der Waals surface area contributed by atoms with Crippen LogP contribution in [0.2, 0.25) is 0 Å². The molecule has 6 nitrogen and oxygen atoms in total. The largest absolute Gasteiger partial charge is 0.477 e. The second kappa shape index (κ2) is 4.86. The molecule has 112 valence electrons. The first-order chi connectivity index (χ1) is 9.20. The van der Waals surface area contributed by atoms with Crippen LogP contribution in [0.4, 0.5) is 0 Å². The Morgan fingerprint density at radius 3 is 2.20 bits per heavy atom. The molecule has 1 fully saturated rings. The number of carbonyl (C=O) groups excluding carboxylic acids is 1. The number of aliphatic hydroxyl groups is 2. The van der Waals surface area contributed by atoms with Crippen LogP contribution >= 0.6 is 0 Å². The van der Waals surface area contributed by atoms with Gasteiger partial charge in [0.1, 0.15) is 5.70 Å². The summed E-state index contributed by atoms with van der Waals surface area (Å²) in [5, 5.41) is 29.3. The Morgan fingerprint density at radius 1 is 1.25 bits per heavy atom. The smallest absolute Gasteiger partial charge is 0.352 e. The SMILES string of the molecule is CC(C)[C@H](O)C1=C(C(=O)O)N2C(=O)[C@H]([C@@H](C)O)[C@H]2[C@H]1C. The third-order valence-electron chi connectivity index (χ3n) is 4.38. The van der Waals surface area contributed by atoms with Crippen molar-refractivity contribution in [3.8, 4) is 0 Å². The lowest BCUT2D eigenvalue weighted by Gasteiger charge is -2.46. The van der Waals surface area contributed by atoms with Gasteiger partial charge in [0.25, 0.3) is 0 Å². The summed E-state index contributed by atoms with van der Waals surface area (Å²) in [6, 6.07) is -0.364. The summed E-state index contributed by atoms with van der Waals surface area (Å²) < 4.78 is 0. The van der Waals surface area contributed by atoms with Crippen molar-refractivity contribution in [3.63, 3.8) is 0 Å². The molecule has 2 aliphatic rings. The van der Waals surface area contributed by atoms with E-state index in [-0.39, 0.29) is 29.5 Å². The van der Waals surface area contributed by atoms with Gasteiger partial charge >= 0.3 is 5.97 Å². The Hall–Kier alpha value is -1.40. The molecule has 6 heteroatoms. The maximum Gasteiger partial charge on any atom is 0.352 e. The molecule has 0 aromatic heterocycles. The van der Waals surface area contributed by atoms with Gasteiger partial charge < -0.3 is 20.2 Å². The summed E-state index contributed by atoms with van der Waals surface area (Å²) in [4.78, 5) is 24.8. The lowest BCUT2D eigenvalue weighted by molar-refractivity contribution is -0.163. The fourth-order valence-corrected chi connectivity index (χ4v) is 3.35. The summed E-state index contributed by atoms with van der Waals surface area (Å²) >= 11 is 0. The minimum absolute atomic E-state index is 0.106. The molecule has 0 radical (unpaired) electrons. The van der Waals surface area contributed by atoms with Crippen LogP contribution in [0.5, 0.6) is 0 Å². The lowest BCUT2D eigenvalue weighted by Crippen LogP contribution is -2.63. The minimum Gasteiger partial charge on any atom is -0.477 e. The third-order valence-corrected chi connectivity index (χ3v) is 4.38. The van der Waals surface area contributed by atoms with Crippen molar-refractivity contribution in [2.45, 2.75) is 45.9 Å². The highest BCUT2D eigenvalue weighted by Gasteiger charge is 2.60. The molecular weight excluding hydrogens is 262 g/mol. The van der Waals surface area contributed by atoms with Gasteiger partial charge in [-0.25, -0.2) is 4.79 Å². The number of aliphatic hydroxyl groups excluding tert-OH is 2. The first-order valence-electron chi connectivity index (χ1n) is 6.86. The number of aliphatic carboxylic acids is 1. The summed E-state index contributed by atoms with van der Waals surface area (Å²) in [6.07, 6.45) is -1.72. The van der Waals surface area contributed by atoms with E-state index in [1.54, 1.807) is 20.8 Å². The Morgan fingerprint density at radius 2 is 1.80 bits per heavy atom. The normalized spacial score (nSPS) is 32.2. The fourth-order valence-electron chi connectivity index (χ4n) is 3.35. The van der Waals surface area contributed by atoms with Crippen LogP contribution in [0, 0.1) is 17.8 Å². The summed E-state index contributed by atoms with van der Waals surface area (Å²) in [5.74, 6) is -2.57. The first-order valence-corrected chi connectivity index (χ1v) is 6.86. The van der Waals surface area contributed by atoms with Gasteiger partial charge in [0.2, 0.25) is 5.91 Å². The van der Waals surface area contributed by atoms with Crippen molar-refractivity contribution in [2.24, 2.45) is 17.8 Å². The number of β-lactam (4-membered cyclic amide) rings is 1. The van der Waals surface area contributed by atoms with E-state index in [4.69, 9.17) is 0 Å². The molecule has 2 rings (SSSR count). The highest BCUT2D eigenvalue weighted by atomic mass is 16.4. The molecule has 0 unspecified atom stereocenters. The van der Waals surface area contributed by atoms with Gasteiger partial charge in [-0.1, -0.05) is 20.8 Å². The van der Waals surface area contributed by atoms with Crippen LogP contribution in [0.1, 0.15) is 27.7 Å². The van der Waals surface area contributed by atoms with Crippen molar-refractivity contribution >= 4 is 11.9 Å². The average Bonchev–Trinajstić information content (AvgIpc) is 2.57. The van der Waals surface area contributed by atoms with E-state index in [1.807, 2.05) is 0 Å².